The summed E-state index contributed by atoms with van der Waals surface area (Å²) in [6, 6.07) is 11.4. The Morgan fingerprint density at radius 1 is 1.06 bits per heavy atom. The minimum absolute atomic E-state index is 0.238. The number of imidazole rings is 2. The number of H-pyrrole nitrogens is 1. The van der Waals surface area contributed by atoms with Crippen molar-refractivity contribution in [2.45, 2.75) is 19.3 Å². The van der Waals surface area contributed by atoms with E-state index in [-0.39, 0.29) is 6.10 Å². The summed E-state index contributed by atoms with van der Waals surface area (Å²) >= 11 is 20.4. The van der Waals surface area contributed by atoms with Crippen LogP contribution in [0.5, 0.6) is 0 Å². The largest absolute Gasteiger partial charge is 0.367 e. The summed E-state index contributed by atoms with van der Waals surface area (Å²) in [6.45, 7) is 1.06. The number of fused-ring (bicyclic) bond motifs is 1. The Bertz CT molecular complexity index is 1240. The van der Waals surface area contributed by atoms with Gasteiger partial charge in [0.1, 0.15) is 6.10 Å². The number of halogens is 3. The third-order valence-corrected chi connectivity index (χ3v) is 6.79. The van der Waals surface area contributed by atoms with Crippen molar-refractivity contribution in [3.05, 3.63) is 105 Å². The molecular weight excluding hydrogens is 487 g/mol. The Labute approximate surface area is 204 Å². The van der Waals surface area contributed by atoms with Crippen molar-refractivity contribution in [3.8, 4) is 0 Å². The van der Waals surface area contributed by atoms with Gasteiger partial charge < -0.3 is 14.3 Å². The van der Waals surface area contributed by atoms with Crippen molar-refractivity contribution < 1.29 is 4.74 Å². The topological polar surface area (TPSA) is 55.7 Å². The van der Waals surface area contributed by atoms with E-state index in [0.717, 1.165) is 26.2 Å². The Morgan fingerprint density at radius 3 is 2.66 bits per heavy atom. The average molecular weight is 506 g/mol. The number of thiophene rings is 1. The van der Waals surface area contributed by atoms with Gasteiger partial charge in [-0.15, -0.1) is 11.3 Å². The third-order valence-electron chi connectivity index (χ3n) is 4.72. The van der Waals surface area contributed by atoms with Gasteiger partial charge in [-0.2, -0.15) is 0 Å². The standard InChI is InChI=1S/C20H15Cl3N2OS.C3H4N2/c21-14-4-5-16(18(23)8-14)19(9-25-7-6-24-12-25)26-10-13-11-27-20-15(13)2-1-3-17(20)22;1-2-5-3-4-1/h1-8,11-12,19H,9-10H2;1-3H,(H,4,5). The highest BCUT2D eigenvalue weighted by atomic mass is 35.5. The zero-order chi connectivity index (χ0) is 22.3. The molecule has 1 N–H and O–H groups in total. The zero-order valence-electron chi connectivity index (χ0n) is 16.8. The van der Waals surface area contributed by atoms with E-state index in [9.17, 15) is 0 Å². The van der Waals surface area contributed by atoms with Gasteiger partial charge in [0.05, 0.1) is 35.5 Å². The lowest BCUT2D eigenvalue weighted by molar-refractivity contribution is 0.0288. The number of rotatable bonds is 6. The van der Waals surface area contributed by atoms with Crippen LogP contribution in [0, 0.1) is 0 Å². The first-order valence-corrected chi connectivity index (χ1v) is 11.7. The van der Waals surface area contributed by atoms with E-state index >= 15 is 0 Å². The highest BCUT2D eigenvalue weighted by Crippen LogP contribution is 2.35. The third kappa shape index (κ3) is 5.71. The molecule has 0 fully saturated rings. The van der Waals surface area contributed by atoms with Crippen molar-refractivity contribution in [2.24, 2.45) is 0 Å². The van der Waals surface area contributed by atoms with E-state index in [1.807, 2.05) is 35.0 Å². The van der Waals surface area contributed by atoms with Crippen molar-refractivity contribution in [2.75, 3.05) is 0 Å². The first kappa shape index (κ1) is 22.8. The Morgan fingerprint density at radius 2 is 1.97 bits per heavy atom. The molecule has 5 nitrogen and oxygen atoms in total. The smallest absolute Gasteiger partial charge is 0.102 e. The monoisotopic (exact) mass is 504 g/mol. The summed E-state index contributed by atoms with van der Waals surface area (Å²) in [5.74, 6) is 0. The Kier molecular flexibility index (Phi) is 7.84. The van der Waals surface area contributed by atoms with Gasteiger partial charge >= 0.3 is 0 Å². The molecular formula is C23H19Cl3N4OS. The van der Waals surface area contributed by atoms with Gasteiger partial charge in [0.15, 0.2) is 0 Å². The summed E-state index contributed by atoms with van der Waals surface area (Å²) in [7, 11) is 0. The van der Waals surface area contributed by atoms with Gasteiger partial charge in [-0.25, -0.2) is 9.97 Å². The highest BCUT2D eigenvalue weighted by molar-refractivity contribution is 7.18. The molecule has 2 aromatic carbocycles. The molecule has 3 aromatic heterocycles. The quantitative estimate of drug-likeness (QED) is 0.261. The van der Waals surface area contributed by atoms with Crippen molar-refractivity contribution in [1.29, 1.82) is 0 Å². The van der Waals surface area contributed by atoms with Crippen LogP contribution in [0.3, 0.4) is 0 Å². The van der Waals surface area contributed by atoms with Crippen LogP contribution in [-0.2, 0) is 17.9 Å². The minimum Gasteiger partial charge on any atom is -0.367 e. The lowest BCUT2D eigenvalue weighted by Gasteiger charge is -2.20. The lowest BCUT2D eigenvalue weighted by atomic mass is 10.1. The molecule has 5 rings (SSSR count). The van der Waals surface area contributed by atoms with Crippen LogP contribution in [0.4, 0.5) is 0 Å². The second kappa shape index (κ2) is 11.0. The number of nitrogens with zero attached hydrogens (tertiary/aromatic N) is 3. The lowest BCUT2D eigenvalue weighted by Crippen LogP contribution is -2.12. The predicted octanol–water partition coefficient (Wildman–Crippen LogP) is 7.43. The van der Waals surface area contributed by atoms with E-state index in [1.165, 1.54) is 0 Å². The number of hydrogen-bond acceptors (Lipinski definition) is 4. The fraction of sp³-hybridized carbons (Fsp3) is 0.130. The molecule has 9 heteroatoms. The first-order chi connectivity index (χ1) is 15.6. The van der Waals surface area contributed by atoms with Crippen molar-refractivity contribution in [3.63, 3.8) is 0 Å². The van der Waals surface area contributed by atoms with E-state index in [1.54, 1.807) is 48.6 Å². The summed E-state index contributed by atoms with van der Waals surface area (Å²) in [5, 5.41) is 5.17. The Hall–Kier alpha value is -2.35. The molecule has 1 atom stereocenters. The first-order valence-electron chi connectivity index (χ1n) is 9.71. The van der Waals surface area contributed by atoms with Crippen LogP contribution in [0.1, 0.15) is 17.2 Å². The van der Waals surface area contributed by atoms with Gasteiger partial charge in [0.25, 0.3) is 0 Å². The van der Waals surface area contributed by atoms with E-state index in [4.69, 9.17) is 39.5 Å². The molecule has 0 saturated heterocycles. The molecule has 164 valence electrons. The molecule has 0 aliphatic rings. The molecule has 0 bridgehead atoms. The number of ether oxygens (including phenoxy) is 1. The van der Waals surface area contributed by atoms with E-state index in [0.29, 0.717) is 23.2 Å². The van der Waals surface area contributed by atoms with Crippen LogP contribution in [0.2, 0.25) is 15.1 Å². The van der Waals surface area contributed by atoms with Gasteiger partial charge in [0, 0.05) is 40.4 Å². The summed E-state index contributed by atoms with van der Waals surface area (Å²) in [5.41, 5.74) is 2.01. The van der Waals surface area contributed by atoms with Gasteiger partial charge in [-0.05, 0) is 34.5 Å². The van der Waals surface area contributed by atoms with E-state index in [2.05, 4.69) is 26.4 Å². The SMILES string of the molecule is Clc1ccc(C(Cn2ccnc2)OCc2csc3c(Cl)cccc23)c(Cl)c1.c1c[nH]cn1. The van der Waals surface area contributed by atoms with E-state index < -0.39 is 0 Å². The second-order valence-corrected chi connectivity index (χ2v) is 8.99. The molecule has 0 saturated carbocycles. The number of aromatic amines is 1. The summed E-state index contributed by atoms with van der Waals surface area (Å²) < 4.78 is 9.35. The van der Waals surface area contributed by atoms with Crippen LogP contribution >= 0.6 is 46.1 Å². The van der Waals surface area contributed by atoms with Crippen molar-refractivity contribution in [1.82, 2.24) is 19.5 Å². The fourth-order valence-corrected chi connectivity index (χ4v) is 4.98. The normalized spacial score (nSPS) is 11.8. The molecule has 0 spiro atoms. The predicted molar refractivity (Wildman–Crippen MR) is 132 cm³/mol. The molecule has 0 aliphatic carbocycles. The number of benzene rings is 2. The van der Waals surface area contributed by atoms with Crippen LogP contribution < -0.4 is 0 Å². The molecule has 0 aliphatic heterocycles. The maximum atomic E-state index is 6.44. The zero-order valence-corrected chi connectivity index (χ0v) is 19.9. The minimum atomic E-state index is -0.238. The highest BCUT2D eigenvalue weighted by Gasteiger charge is 2.18. The molecule has 0 amide bonds. The molecule has 1 unspecified atom stereocenters. The average Bonchev–Trinajstić information content (AvgIpc) is 3.55. The maximum Gasteiger partial charge on any atom is 0.102 e. The van der Waals surface area contributed by atoms with Crippen molar-refractivity contribution >= 4 is 56.2 Å². The van der Waals surface area contributed by atoms with Gasteiger partial charge in [0.2, 0.25) is 0 Å². The summed E-state index contributed by atoms with van der Waals surface area (Å²) in [6.07, 6.45) is 10.3. The molecule has 0 radical (unpaired) electrons. The number of nitrogens with one attached hydrogen (secondary N) is 1. The fourth-order valence-electron chi connectivity index (χ4n) is 3.18. The number of hydrogen-bond donors (Lipinski definition) is 1. The maximum absolute atomic E-state index is 6.44. The Balaban J connectivity index is 0.000000433. The van der Waals surface area contributed by atoms with Crippen LogP contribution in [0.15, 0.2) is 79.2 Å². The molecule has 3 heterocycles. The van der Waals surface area contributed by atoms with Gasteiger partial charge in [-0.1, -0.05) is 53.0 Å². The van der Waals surface area contributed by atoms with Crippen LogP contribution in [0.25, 0.3) is 10.1 Å². The summed E-state index contributed by atoms with van der Waals surface area (Å²) in [4.78, 5) is 10.5. The van der Waals surface area contributed by atoms with Gasteiger partial charge in [-0.3, -0.25) is 0 Å². The van der Waals surface area contributed by atoms with Crippen LogP contribution in [-0.4, -0.2) is 19.5 Å². The molecule has 32 heavy (non-hydrogen) atoms. The molecule has 5 aromatic rings. The second-order valence-electron chi connectivity index (χ2n) is 6.86. The number of aromatic nitrogens is 4.